The van der Waals surface area contributed by atoms with Crippen molar-refractivity contribution in [3.05, 3.63) is 0 Å². The van der Waals surface area contributed by atoms with E-state index < -0.39 is 0 Å². The van der Waals surface area contributed by atoms with Gasteiger partial charge in [0.1, 0.15) is 6.10 Å². The summed E-state index contributed by atoms with van der Waals surface area (Å²) in [5.74, 6) is 0.638. The quantitative estimate of drug-likeness (QED) is 0.720. The van der Waals surface area contributed by atoms with Crippen LogP contribution in [0.1, 0.15) is 26.7 Å². The van der Waals surface area contributed by atoms with Crippen LogP contribution >= 0.6 is 0 Å². The van der Waals surface area contributed by atoms with Gasteiger partial charge in [0.15, 0.2) is 0 Å². The summed E-state index contributed by atoms with van der Waals surface area (Å²) in [5.41, 5.74) is 0. The van der Waals surface area contributed by atoms with Crippen molar-refractivity contribution in [3.63, 3.8) is 0 Å². The zero-order chi connectivity index (χ0) is 9.68. The lowest BCUT2D eigenvalue weighted by molar-refractivity contribution is -0.133. The number of ether oxygens (including phenoxy) is 2. The topological polar surface area (TPSA) is 38.7 Å². The number of hydrogen-bond donors (Lipinski definition) is 1. The molecule has 3 nitrogen and oxygen atoms in total. The van der Waals surface area contributed by atoms with Crippen molar-refractivity contribution >= 4 is 0 Å². The summed E-state index contributed by atoms with van der Waals surface area (Å²) in [6.45, 7) is 6.13. The minimum absolute atomic E-state index is 0.104. The Morgan fingerprint density at radius 2 is 2.08 bits per heavy atom. The van der Waals surface area contributed by atoms with Crippen LogP contribution in [0.5, 0.6) is 0 Å². The van der Waals surface area contributed by atoms with Crippen molar-refractivity contribution in [2.75, 3.05) is 19.8 Å². The van der Waals surface area contributed by atoms with E-state index in [1.54, 1.807) is 0 Å². The molecule has 1 N–H and O–H groups in total. The second-order valence-electron chi connectivity index (χ2n) is 4.02. The monoisotopic (exact) mass is 188 g/mol. The van der Waals surface area contributed by atoms with E-state index >= 15 is 0 Å². The van der Waals surface area contributed by atoms with Gasteiger partial charge in [0.05, 0.1) is 25.9 Å². The van der Waals surface area contributed by atoms with E-state index in [-0.39, 0.29) is 12.2 Å². The summed E-state index contributed by atoms with van der Waals surface area (Å²) in [7, 11) is 0. The molecule has 78 valence electrons. The van der Waals surface area contributed by atoms with Gasteiger partial charge < -0.3 is 14.6 Å². The molecule has 1 heterocycles. The van der Waals surface area contributed by atoms with Crippen LogP contribution in [-0.4, -0.2) is 37.1 Å². The summed E-state index contributed by atoms with van der Waals surface area (Å²) in [6, 6.07) is 0. The van der Waals surface area contributed by atoms with E-state index in [0.29, 0.717) is 25.7 Å². The molecule has 0 saturated carbocycles. The molecular formula is C10H20O3. The van der Waals surface area contributed by atoms with Crippen LogP contribution in [0.2, 0.25) is 0 Å². The first-order chi connectivity index (χ1) is 6.20. The highest BCUT2D eigenvalue weighted by molar-refractivity contribution is 4.71. The fourth-order valence-electron chi connectivity index (χ4n) is 1.42. The van der Waals surface area contributed by atoms with Crippen molar-refractivity contribution in [2.24, 2.45) is 5.92 Å². The smallest absolute Gasteiger partial charge is 0.107 e. The molecule has 0 aromatic heterocycles. The molecule has 0 amide bonds. The number of aliphatic hydroxyl groups is 1. The third kappa shape index (κ3) is 4.07. The molecule has 1 aliphatic rings. The van der Waals surface area contributed by atoms with Gasteiger partial charge in [-0.2, -0.15) is 0 Å². The molecule has 0 radical (unpaired) electrons. The van der Waals surface area contributed by atoms with Gasteiger partial charge in [0, 0.05) is 0 Å². The number of hydrogen-bond acceptors (Lipinski definition) is 3. The second-order valence-corrected chi connectivity index (χ2v) is 4.02. The molecule has 0 bridgehead atoms. The van der Waals surface area contributed by atoms with Gasteiger partial charge in [-0.15, -0.1) is 0 Å². The maximum atomic E-state index is 9.72. The molecule has 3 heteroatoms. The first-order valence-electron chi connectivity index (χ1n) is 5.07. The Morgan fingerprint density at radius 3 is 2.62 bits per heavy atom. The van der Waals surface area contributed by atoms with E-state index in [1.807, 2.05) is 0 Å². The van der Waals surface area contributed by atoms with E-state index in [2.05, 4.69) is 13.8 Å². The first kappa shape index (κ1) is 11.0. The fraction of sp³-hybridized carbons (Fsp3) is 1.00. The minimum atomic E-state index is -0.359. The molecule has 13 heavy (non-hydrogen) atoms. The van der Waals surface area contributed by atoms with Gasteiger partial charge in [-0.3, -0.25) is 0 Å². The Balaban J connectivity index is 2.17. The maximum absolute atomic E-state index is 9.72. The molecule has 0 aromatic rings. The summed E-state index contributed by atoms with van der Waals surface area (Å²) < 4.78 is 10.6. The molecule has 1 rings (SSSR count). The lowest BCUT2D eigenvalue weighted by Gasteiger charge is -2.27. The highest BCUT2D eigenvalue weighted by Gasteiger charge is 2.22. The Labute approximate surface area is 80.0 Å². The van der Waals surface area contributed by atoms with E-state index in [4.69, 9.17) is 9.47 Å². The third-order valence-corrected chi connectivity index (χ3v) is 2.31. The van der Waals surface area contributed by atoms with Crippen LogP contribution in [-0.2, 0) is 9.47 Å². The average Bonchev–Trinajstić information content (AvgIpc) is 2.15. The maximum Gasteiger partial charge on any atom is 0.107 e. The Kier molecular flexibility index (Phi) is 4.70. The molecule has 0 aromatic carbocycles. The van der Waals surface area contributed by atoms with Gasteiger partial charge >= 0.3 is 0 Å². The highest BCUT2D eigenvalue weighted by atomic mass is 16.6. The predicted molar refractivity (Wildman–Crippen MR) is 50.6 cm³/mol. The lowest BCUT2D eigenvalue weighted by atomic mass is 10.0. The van der Waals surface area contributed by atoms with Crippen LogP contribution in [0, 0.1) is 5.92 Å². The molecule has 1 saturated heterocycles. The first-order valence-corrected chi connectivity index (χ1v) is 5.07. The lowest BCUT2D eigenvalue weighted by Crippen LogP contribution is -2.38. The van der Waals surface area contributed by atoms with Crippen LogP contribution in [0.25, 0.3) is 0 Å². The van der Waals surface area contributed by atoms with E-state index in [9.17, 15) is 5.11 Å². The van der Waals surface area contributed by atoms with Crippen LogP contribution < -0.4 is 0 Å². The molecule has 1 aliphatic heterocycles. The van der Waals surface area contributed by atoms with Crippen molar-refractivity contribution in [3.8, 4) is 0 Å². The van der Waals surface area contributed by atoms with Crippen LogP contribution in [0.4, 0.5) is 0 Å². The van der Waals surface area contributed by atoms with Gasteiger partial charge in [-0.1, -0.05) is 13.8 Å². The molecule has 1 fully saturated rings. The van der Waals surface area contributed by atoms with Crippen molar-refractivity contribution in [1.82, 2.24) is 0 Å². The number of rotatable bonds is 4. The van der Waals surface area contributed by atoms with Crippen molar-refractivity contribution in [2.45, 2.75) is 38.9 Å². The molecule has 0 aliphatic carbocycles. The Bertz CT molecular complexity index is 130. The zero-order valence-corrected chi connectivity index (χ0v) is 8.53. The van der Waals surface area contributed by atoms with Gasteiger partial charge in [-0.05, 0) is 18.8 Å². The molecule has 2 unspecified atom stereocenters. The van der Waals surface area contributed by atoms with Crippen LogP contribution in [0.3, 0.4) is 0 Å². The normalized spacial score (nSPS) is 26.3. The largest absolute Gasteiger partial charge is 0.390 e. The van der Waals surface area contributed by atoms with E-state index in [1.165, 1.54) is 0 Å². The van der Waals surface area contributed by atoms with Crippen molar-refractivity contribution in [1.29, 1.82) is 0 Å². The predicted octanol–water partition coefficient (Wildman–Crippen LogP) is 1.20. The minimum Gasteiger partial charge on any atom is -0.390 e. The van der Waals surface area contributed by atoms with Gasteiger partial charge in [0.2, 0.25) is 0 Å². The Morgan fingerprint density at radius 1 is 1.31 bits per heavy atom. The summed E-state index contributed by atoms with van der Waals surface area (Å²) in [5, 5.41) is 9.72. The SMILES string of the molecule is CC(C)CCC(O)C1COCCO1. The summed E-state index contributed by atoms with van der Waals surface area (Å²) in [4.78, 5) is 0. The zero-order valence-electron chi connectivity index (χ0n) is 8.53. The van der Waals surface area contributed by atoms with Gasteiger partial charge in [-0.25, -0.2) is 0 Å². The second kappa shape index (κ2) is 5.58. The van der Waals surface area contributed by atoms with Gasteiger partial charge in [0.25, 0.3) is 0 Å². The molecule has 2 atom stereocenters. The van der Waals surface area contributed by atoms with Crippen molar-refractivity contribution < 1.29 is 14.6 Å². The fourth-order valence-corrected chi connectivity index (χ4v) is 1.42. The molecular weight excluding hydrogens is 168 g/mol. The standard InChI is InChI=1S/C10H20O3/c1-8(2)3-4-9(11)10-7-12-5-6-13-10/h8-11H,3-7H2,1-2H3. The summed E-state index contributed by atoms with van der Waals surface area (Å²) >= 11 is 0. The highest BCUT2D eigenvalue weighted by Crippen LogP contribution is 2.13. The average molecular weight is 188 g/mol. The Hall–Kier alpha value is -0.120. The number of aliphatic hydroxyl groups excluding tert-OH is 1. The van der Waals surface area contributed by atoms with Crippen LogP contribution in [0.15, 0.2) is 0 Å². The van der Waals surface area contributed by atoms with E-state index in [0.717, 1.165) is 12.8 Å². The molecule has 0 spiro atoms. The summed E-state index contributed by atoms with van der Waals surface area (Å²) in [6.07, 6.45) is 1.39. The third-order valence-electron chi connectivity index (χ3n) is 2.31.